The number of ether oxygens (including phenoxy) is 1. The molecule has 2 fully saturated rings. The molecular formula is C24H29N3O4. The van der Waals surface area contributed by atoms with E-state index >= 15 is 0 Å². The molecule has 5 rings (SSSR count). The van der Waals surface area contributed by atoms with E-state index in [1.165, 1.54) is 0 Å². The molecule has 1 aromatic carbocycles. The van der Waals surface area contributed by atoms with Crippen LogP contribution in [0.4, 0.5) is 0 Å². The van der Waals surface area contributed by atoms with Crippen molar-refractivity contribution in [1.29, 1.82) is 0 Å². The van der Waals surface area contributed by atoms with Crippen molar-refractivity contribution in [2.24, 2.45) is 0 Å². The molecule has 2 aliphatic carbocycles. The first kappa shape index (κ1) is 20.1. The molecule has 0 unspecified atom stereocenters. The zero-order valence-corrected chi connectivity index (χ0v) is 18.2. The minimum absolute atomic E-state index is 0.0617. The van der Waals surface area contributed by atoms with Gasteiger partial charge in [-0.25, -0.2) is 0 Å². The van der Waals surface area contributed by atoms with Crippen molar-refractivity contribution in [3.05, 3.63) is 47.3 Å². The third-order valence-electron chi connectivity index (χ3n) is 7.05. The second-order valence-corrected chi connectivity index (χ2v) is 9.30. The molecule has 164 valence electrons. The Morgan fingerprint density at radius 2 is 1.90 bits per heavy atom. The van der Waals surface area contributed by atoms with E-state index in [9.17, 15) is 9.59 Å². The molecule has 0 atom stereocenters. The number of aromatic nitrogens is 1. The first-order valence-electron chi connectivity index (χ1n) is 11.2. The van der Waals surface area contributed by atoms with Gasteiger partial charge in [0.15, 0.2) is 5.69 Å². The number of rotatable bonds is 3. The van der Waals surface area contributed by atoms with Gasteiger partial charge in [0.1, 0.15) is 17.1 Å². The Morgan fingerprint density at radius 3 is 2.61 bits per heavy atom. The van der Waals surface area contributed by atoms with Crippen LogP contribution in [0.15, 0.2) is 34.9 Å². The van der Waals surface area contributed by atoms with Crippen molar-refractivity contribution in [3.8, 4) is 5.75 Å². The number of fused-ring (bicyclic) bond motifs is 1. The highest BCUT2D eigenvalue weighted by Gasteiger charge is 2.43. The normalized spacial score (nSPS) is 25.5. The molecule has 2 amide bonds. The van der Waals surface area contributed by atoms with Crippen molar-refractivity contribution in [2.75, 3.05) is 13.6 Å². The summed E-state index contributed by atoms with van der Waals surface area (Å²) in [7, 11) is 1.85. The quantitative estimate of drug-likeness (QED) is 0.752. The Hall–Kier alpha value is -2.83. The van der Waals surface area contributed by atoms with Crippen molar-refractivity contribution < 1.29 is 18.8 Å². The van der Waals surface area contributed by atoms with Gasteiger partial charge in [0.05, 0.1) is 6.54 Å². The fraction of sp³-hybridized carbons (Fsp3) is 0.542. The summed E-state index contributed by atoms with van der Waals surface area (Å²) in [4.78, 5) is 28.9. The Labute approximate surface area is 182 Å². The molecule has 7 heteroatoms. The number of amides is 2. The second-order valence-electron chi connectivity index (χ2n) is 9.30. The van der Waals surface area contributed by atoms with E-state index in [-0.39, 0.29) is 17.9 Å². The van der Waals surface area contributed by atoms with Gasteiger partial charge in [-0.05, 0) is 44.6 Å². The molecule has 0 bridgehead atoms. The third kappa shape index (κ3) is 3.93. The van der Waals surface area contributed by atoms with Crippen LogP contribution in [0.3, 0.4) is 0 Å². The van der Waals surface area contributed by atoms with Crippen LogP contribution in [0.1, 0.15) is 73.2 Å². The Morgan fingerprint density at radius 1 is 1.16 bits per heavy atom. The lowest BCUT2D eigenvalue weighted by Gasteiger charge is -2.43. The predicted molar refractivity (Wildman–Crippen MR) is 114 cm³/mol. The summed E-state index contributed by atoms with van der Waals surface area (Å²) in [6, 6.07) is 9.89. The summed E-state index contributed by atoms with van der Waals surface area (Å²) < 4.78 is 11.9. The predicted octanol–water partition coefficient (Wildman–Crippen LogP) is 3.75. The summed E-state index contributed by atoms with van der Waals surface area (Å²) in [5, 5.41) is 4.01. The molecule has 7 nitrogen and oxygen atoms in total. The third-order valence-corrected chi connectivity index (χ3v) is 7.05. The van der Waals surface area contributed by atoms with Gasteiger partial charge >= 0.3 is 0 Å². The number of para-hydroxylation sites is 1. The lowest BCUT2D eigenvalue weighted by atomic mass is 9.81. The highest BCUT2D eigenvalue weighted by atomic mass is 16.5. The maximum Gasteiger partial charge on any atom is 0.276 e. The molecule has 1 aromatic heterocycles. The average Bonchev–Trinajstić information content (AvgIpc) is 3.53. The van der Waals surface area contributed by atoms with Gasteiger partial charge in [0.2, 0.25) is 5.91 Å². The van der Waals surface area contributed by atoms with Gasteiger partial charge in [0, 0.05) is 44.1 Å². The largest absolute Gasteiger partial charge is 0.485 e. The highest BCUT2D eigenvalue weighted by Crippen LogP contribution is 2.41. The van der Waals surface area contributed by atoms with Gasteiger partial charge in [-0.15, -0.1) is 0 Å². The van der Waals surface area contributed by atoms with Crippen LogP contribution in [0.5, 0.6) is 5.75 Å². The first-order chi connectivity index (χ1) is 14.9. The van der Waals surface area contributed by atoms with E-state index in [1.807, 2.05) is 36.2 Å². The number of nitrogens with zero attached hydrogens (tertiary/aromatic N) is 3. The van der Waals surface area contributed by atoms with Crippen LogP contribution in [-0.4, -0.2) is 52.0 Å². The fourth-order valence-electron chi connectivity index (χ4n) is 4.90. The van der Waals surface area contributed by atoms with Crippen molar-refractivity contribution in [2.45, 2.75) is 69.6 Å². The topological polar surface area (TPSA) is 75.9 Å². The van der Waals surface area contributed by atoms with Crippen LogP contribution in [0.25, 0.3) is 0 Å². The lowest BCUT2D eigenvalue weighted by molar-refractivity contribution is -0.132. The van der Waals surface area contributed by atoms with Crippen LogP contribution in [0.2, 0.25) is 0 Å². The van der Waals surface area contributed by atoms with E-state index in [0.717, 1.165) is 55.6 Å². The van der Waals surface area contributed by atoms with Gasteiger partial charge in [-0.2, -0.15) is 0 Å². The molecule has 1 spiro atoms. The molecule has 1 aliphatic heterocycles. The van der Waals surface area contributed by atoms with Gasteiger partial charge < -0.3 is 19.1 Å². The average molecular weight is 424 g/mol. The number of carbonyl (C=O) groups excluding carboxylic acids is 2. The lowest BCUT2D eigenvalue weighted by Crippen LogP contribution is -2.52. The van der Waals surface area contributed by atoms with Gasteiger partial charge in [-0.1, -0.05) is 23.4 Å². The first-order valence-corrected chi connectivity index (χ1v) is 11.2. The molecule has 2 heterocycles. The maximum atomic E-state index is 12.9. The van der Waals surface area contributed by atoms with E-state index in [1.54, 1.807) is 17.9 Å². The summed E-state index contributed by atoms with van der Waals surface area (Å²) in [6.07, 6.45) is 5.46. The summed E-state index contributed by atoms with van der Waals surface area (Å²) >= 11 is 0. The Kier molecular flexibility index (Phi) is 4.99. The summed E-state index contributed by atoms with van der Waals surface area (Å²) in [5.74, 6) is 2.10. The number of hydrogen-bond acceptors (Lipinski definition) is 5. The standard InChI is InChI=1S/C24H29N3O4/c1-16(28)27-14-18-5-3-4-6-21(18)30-24(15-27)11-9-19(10-12-24)26(2)23(29)20-13-22(31-25-20)17-7-8-17/h3-6,13,17,19H,7-12,14-15H2,1-2H3. The van der Waals surface area contributed by atoms with E-state index in [4.69, 9.17) is 9.26 Å². The summed E-state index contributed by atoms with van der Waals surface area (Å²) in [6.45, 7) is 2.77. The fourth-order valence-corrected chi connectivity index (χ4v) is 4.90. The molecule has 2 saturated carbocycles. The Balaban J connectivity index is 1.29. The van der Waals surface area contributed by atoms with Crippen molar-refractivity contribution >= 4 is 11.8 Å². The van der Waals surface area contributed by atoms with Gasteiger partial charge in [0.25, 0.3) is 5.91 Å². The van der Waals surface area contributed by atoms with Crippen LogP contribution in [-0.2, 0) is 11.3 Å². The van der Waals surface area contributed by atoms with Crippen LogP contribution >= 0.6 is 0 Å². The maximum absolute atomic E-state index is 12.9. The molecule has 2 aromatic rings. The van der Waals surface area contributed by atoms with Crippen LogP contribution in [0, 0.1) is 0 Å². The Bertz CT molecular complexity index is 988. The minimum Gasteiger partial charge on any atom is -0.485 e. The van der Waals surface area contributed by atoms with E-state index in [0.29, 0.717) is 24.7 Å². The van der Waals surface area contributed by atoms with Crippen molar-refractivity contribution in [3.63, 3.8) is 0 Å². The zero-order chi connectivity index (χ0) is 21.6. The molecule has 31 heavy (non-hydrogen) atoms. The van der Waals surface area contributed by atoms with Crippen molar-refractivity contribution in [1.82, 2.24) is 15.0 Å². The number of hydrogen-bond donors (Lipinski definition) is 0. The molecule has 0 saturated heterocycles. The highest BCUT2D eigenvalue weighted by molar-refractivity contribution is 5.92. The second kappa shape index (κ2) is 7.70. The molecule has 0 radical (unpaired) electrons. The molecule has 0 N–H and O–H groups in total. The minimum atomic E-state index is -0.411. The number of benzene rings is 1. The van der Waals surface area contributed by atoms with Crippen LogP contribution < -0.4 is 4.74 Å². The molecule has 3 aliphatic rings. The monoisotopic (exact) mass is 423 g/mol. The van der Waals surface area contributed by atoms with Gasteiger partial charge in [-0.3, -0.25) is 9.59 Å². The molecular weight excluding hydrogens is 394 g/mol. The van der Waals surface area contributed by atoms with E-state index in [2.05, 4.69) is 5.16 Å². The number of carbonyl (C=O) groups is 2. The smallest absolute Gasteiger partial charge is 0.276 e. The SMILES string of the molecule is CC(=O)N1Cc2ccccc2OC2(CCC(N(C)C(=O)c3cc(C4CC4)on3)CC2)C1. The van der Waals surface area contributed by atoms with E-state index < -0.39 is 5.60 Å². The summed E-state index contributed by atoms with van der Waals surface area (Å²) in [5.41, 5.74) is 1.03. The zero-order valence-electron chi connectivity index (χ0n) is 18.2.